The zero-order valence-corrected chi connectivity index (χ0v) is 40.7. The van der Waals surface area contributed by atoms with Gasteiger partial charge in [-0.2, -0.15) is 0 Å². The first-order chi connectivity index (χ1) is 30.1. The van der Waals surface area contributed by atoms with Crippen molar-refractivity contribution < 1.29 is 42.1 Å². The van der Waals surface area contributed by atoms with Crippen LogP contribution in [0.25, 0.3) is 0 Å². The molecule has 0 amide bonds. The Bertz CT molecular complexity index is 2770. The highest BCUT2D eigenvalue weighted by Crippen LogP contribution is 2.19. The van der Waals surface area contributed by atoms with E-state index in [1.165, 1.54) is 58.3 Å². The molecule has 0 aliphatic carbocycles. The number of hydrogen-bond donors (Lipinski definition) is 0. The van der Waals surface area contributed by atoms with Crippen LogP contribution in [-0.4, -0.2) is 115 Å². The third-order valence-electron chi connectivity index (χ3n) is 10.3. The van der Waals surface area contributed by atoms with Gasteiger partial charge in [0, 0.05) is 26.2 Å². The van der Waals surface area contributed by atoms with Gasteiger partial charge in [-0.25, -0.2) is 37.9 Å². The van der Waals surface area contributed by atoms with Gasteiger partial charge in [-0.3, -0.25) is 4.99 Å². The molecule has 0 saturated carbocycles. The van der Waals surface area contributed by atoms with Crippen LogP contribution in [0.15, 0.2) is 146 Å². The molecule has 1 unspecified atom stereocenters. The van der Waals surface area contributed by atoms with E-state index in [-0.39, 0.29) is 64.0 Å². The first kappa shape index (κ1) is 50.1. The zero-order chi connectivity index (χ0) is 46.7. The lowest BCUT2D eigenvalue weighted by Crippen LogP contribution is -2.50. The SMILES string of the molecule is Cc1ccc(OS(=O)CCN(CCS(=O)(=O)c2ccc(C)cc2)C(=NCCS(=O)(=O)c2ccc(C)cc2)N(CCS(=O)(=O)c2ccc(C)cc2)CCS(=O)(=O)c2ccc(C)cc2)cc1. The Balaban J connectivity index is 1.59. The fraction of sp³-hybridized carbons (Fsp3) is 0.326. The molecule has 0 saturated heterocycles. The van der Waals surface area contributed by atoms with Crippen LogP contribution in [0.3, 0.4) is 0 Å². The molecule has 344 valence electrons. The van der Waals surface area contributed by atoms with Gasteiger partial charge in [0.25, 0.3) is 0 Å². The van der Waals surface area contributed by atoms with E-state index in [9.17, 15) is 37.9 Å². The van der Waals surface area contributed by atoms with Gasteiger partial charge in [0.05, 0.1) is 54.9 Å². The van der Waals surface area contributed by atoms with Gasteiger partial charge in [-0.1, -0.05) is 88.5 Å². The van der Waals surface area contributed by atoms with Gasteiger partial charge in [0.2, 0.25) is 11.1 Å². The fourth-order valence-electron chi connectivity index (χ4n) is 6.36. The molecular formula is C46H55N3O10S5. The maximum Gasteiger partial charge on any atom is 0.208 e. The van der Waals surface area contributed by atoms with Crippen molar-refractivity contribution in [3.63, 3.8) is 0 Å². The second kappa shape index (κ2) is 21.9. The number of aliphatic imine (C=N–C) groups is 1. The number of hydrogen-bond acceptors (Lipinski definition) is 11. The molecule has 0 aliphatic rings. The highest BCUT2D eigenvalue weighted by molar-refractivity contribution is 7.92. The molecule has 0 bridgehead atoms. The molecule has 0 aromatic heterocycles. The molecule has 0 aliphatic heterocycles. The molecule has 18 heteroatoms. The molecule has 13 nitrogen and oxygen atoms in total. The number of rotatable bonds is 21. The molecule has 0 N–H and O–H groups in total. The lowest BCUT2D eigenvalue weighted by molar-refractivity contribution is 0.350. The summed E-state index contributed by atoms with van der Waals surface area (Å²) in [6.07, 6.45) is 0. The van der Waals surface area contributed by atoms with E-state index in [4.69, 9.17) is 9.18 Å². The molecule has 64 heavy (non-hydrogen) atoms. The lowest BCUT2D eigenvalue weighted by atomic mass is 10.2. The Hall–Kier alpha value is -4.88. The quantitative estimate of drug-likeness (QED) is 0.0608. The second-order valence-corrected chi connectivity index (χ2v) is 25.2. The molecular weight excluding hydrogens is 915 g/mol. The van der Waals surface area contributed by atoms with Crippen LogP contribution in [0, 0.1) is 34.6 Å². The first-order valence-electron chi connectivity index (χ1n) is 20.5. The smallest absolute Gasteiger partial charge is 0.208 e. The Morgan fingerprint density at radius 3 is 1.05 bits per heavy atom. The standard InChI is InChI=1S/C46H55N3O10S5/c1-36-6-16-41(17-7-36)59-60(50)31-27-48(28-33-62(53,54)43-20-10-38(3)11-21-43)46(47-26-32-61(51,52)42-18-8-37(2)9-19-42)49(29-34-63(55,56)44-22-12-39(4)13-23-44)30-35-64(57,58)45-24-14-40(5)15-25-45/h6-25H,26-35H2,1-5H3. The van der Waals surface area contributed by atoms with Crippen molar-refractivity contribution in [2.24, 2.45) is 4.99 Å². The summed E-state index contributed by atoms with van der Waals surface area (Å²) in [7, 11) is -15.9. The van der Waals surface area contributed by atoms with Crippen LogP contribution >= 0.6 is 0 Å². The molecule has 5 rings (SSSR count). The lowest BCUT2D eigenvalue weighted by Gasteiger charge is -2.35. The number of nitrogens with zero attached hydrogens (tertiary/aromatic N) is 3. The van der Waals surface area contributed by atoms with Crippen LogP contribution in [0.4, 0.5) is 0 Å². The Morgan fingerprint density at radius 2 is 0.719 bits per heavy atom. The van der Waals surface area contributed by atoms with E-state index in [0.29, 0.717) is 5.75 Å². The van der Waals surface area contributed by atoms with Crippen molar-refractivity contribution in [1.82, 2.24) is 9.80 Å². The Kier molecular flexibility index (Phi) is 17.1. The predicted octanol–water partition coefficient (Wildman–Crippen LogP) is 6.13. The minimum Gasteiger partial charge on any atom is -0.400 e. The van der Waals surface area contributed by atoms with Gasteiger partial charge >= 0.3 is 0 Å². The van der Waals surface area contributed by atoms with Crippen molar-refractivity contribution in [3.05, 3.63) is 149 Å². The summed E-state index contributed by atoms with van der Waals surface area (Å²) in [5.41, 5.74) is 4.35. The van der Waals surface area contributed by atoms with E-state index >= 15 is 0 Å². The summed E-state index contributed by atoms with van der Waals surface area (Å²) < 4.78 is 130. The average Bonchev–Trinajstić information content (AvgIpc) is 3.24. The monoisotopic (exact) mass is 969 g/mol. The summed E-state index contributed by atoms with van der Waals surface area (Å²) >= 11 is -1.98. The molecule has 0 radical (unpaired) electrons. The number of guanidine groups is 1. The van der Waals surface area contributed by atoms with Crippen LogP contribution in [0.2, 0.25) is 0 Å². The first-order valence-corrected chi connectivity index (χ1v) is 28.3. The predicted molar refractivity (Wildman–Crippen MR) is 253 cm³/mol. The largest absolute Gasteiger partial charge is 0.400 e. The highest BCUT2D eigenvalue weighted by Gasteiger charge is 2.28. The van der Waals surface area contributed by atoms with Crippen LogP contribution in [0.1, 0.15) is 27.8 Å². The van der Waals surface area contributed by atoms with Crippen molar-refractivity contribution in [1.29, 1.82) is 0 Å². The topological polar surface area (TPSA) is 182 Å². The van der Waals surface area contributed by atoms with E-state index in [1.54, 1.807) is 72.8 Å². The summed E-state index contributed by atoms with van der Waals surface area (Å²) in [4.78, 5) is 7.85. The molecule has 1 atom stereocenters. The molecule has 5 aromatic carbocycles. The van der Waals surface area contributed by atoms with Gasteiger partial charge in [0.15, 0.2) is 45.3 Å². The average molecular weight is 970 g/mol. The summed E-state index contributed by atoms with van der Waals surface area (Å²) in [5.74, 6) is -1.94. The maximum absolute atomic E-state index is 13.9. The Labute approximate surface area is 381 Å². The second-order valence-electron chi connectivity index (χ2n) is 15.6. The van der Waals surface area contributed by atoms with Gasteiger partial charge in [-0.05, 0) is 95.3 Å². The molecule has 0 spiro atoms. The van der Waals surface area contributed by atoms with Crippen molar-refractivity contribution in [2.45, 2.75) is 54.2 Å². The summed E-state index contributed by atoms with van der Waals surface area (Å²) in [6.45, 7) is 7.70. The van der Waals surface area contributed by atoms with E-state index in [1.807, 2.05) is 34.6 Å². The summed E-state index contributed by atoms with van der Waals surface area (Å²) in [5, 5.41) is 0. The highest BCUT2D eigenvalue weighted by atomic mass is 32.2. The van der Waals surface area contributed by atoms with Crippen LogP contribution < -0.4 is 4.18 Å². The van der Waals surface area contributed by atoms with Gasteiger partial charge in [0.1, 0.15) is 5.75 Å². The maximum atomic E-state index is 13.9. The minimum absolute atomic E-state index is 0.0395. The van der Waals surface area contributed by atoms with E-state index in [0.717, 1.165) is 27.8 Å². The van der Waals surface area contributed by atoms with E-state index < -0.39 is 73.4 Å². The normalized spacial score (nSPS) is 13.0. The van der Waals surface area contributed by atoms with Crippen molar-refractivity contribution in [3.8, 4) is 5.75 Å². The fourth-order valence-corrected chi connectivity index (χ4v) is 12.0. The Morgan fingerprint density at radius 1 is 0.438 bits per heavy atom. The molecule has 0 fully saturated rings. The molecule has 0 heterocycles. The van der Waals surface area contributed by atoms with Crippen molar-refractivity contribution in [2.75, 3.05) is 61.5 Å². The number of aryl methyl sites for hydroxylation is 5. The van der Waals surface area contributed by atoms with Crippen molar-refractivity contribution >= 4 is 56.4 Å². The number of benzene rings is 5. The van der Waals surface area contributed by atoms with Gasteiger partial charge < -0.3 is 14.0 Å². The third-order valence-corrected chi connectivity index (χ3v) is 18.1. The zero-order valence-electron chi connectivity index (χ0n) is 36.6. The van der Waals surface area contributed by atoms with Crippen LogP contribution in [0.5, 0.6) is 5.75 Å². The summed E-state index contributed by atoms with van der Waals surface area (Å²) in [6, 6.07) is 32.1. The van der Waals surface area contributed by atoms with Gasteiger partial charge in [-0.15, -0.1) is 0 Å². The molecule has 5 aromatic rings. The van der Waals surface area contributed by atoms with E-state index in [2.05, 4.69) is 0 Å². The third kappa shape index (κ3) is 14.6. The van der Waals surface area contributed by atoms with Crippen LogP contribution in [-0.2, 0) is 50.4 Å². The number of sulfone groups is 4. The minimum atomic E-state index is -3.99.